The van der Waals surface area contributed by atoms with E-state index < -0.39 is 11.7 Å². The van der Waals surface area contributed by atoms with E-state index in [0.717, 1.165) is 0 Å². The highest BCUT2D eigenvalue weighted by Crippen LogP contribution is 2.18. The normalized spacial score (nSPS) is 23.5. The Balaban J connectivity index is 2.34. The summed E-state index contributed by atoms with van der Waals surface area (Å²) in [4.78, 5) is 21.4. The molecule has 0 aliphatic heterocycles. The number of rotatable bonds is 3. The van der Waals surface area contributed by atoms with Crippen LogP contribution in [0.3, 0.4) is 0 Å². The maximum atomic E-state index is 11.4. The van der Waals surface area contributed by atoms with E-state index in [9.17, 15) is 14.9 Å². The molecule has 0 fully saturated rings. The number of carbonyl (C=O) groups excluding carboxylic acids is 1. The molecule has 1 rings (SSSR count). The van der Waals surface area contributed by atoms with E-state index in [1.54, 1.807) is 32.9 Å². The van der Waals surface area contributed by atoms with Crippen molar-refractivity contribution in [3.63, 3.8) is 0 Å². The lowest BCUT2D eigenvalue weighted by atomic mass is 10.1. The summed E-state index contributed by atoms with van der Waals surface area (Å²) in [5.74, 6) is -0.107. The molecule has 0 radical (unpaired) electrons. The number of nitrogens with zero attached hydrogens (tertiary/aromatic N) is 1. The second-order valence-electron chi connectivity index (χ2n) is 5.15. The number of carbonyl (C=O) groups is 1. The van der Waals surface area contributed by atoms with Gasteiger partial charge in [-0.2, -0.15) is 0 Å². The third kappa shape index (κ3) is 5.33. The molecule has 96 valence electrons. The minimum Gasteiger partial charge on any atom is -0.444 e. The van der Waals surface area contributed by atoms with Gasteiger partial charge < -0.3 is 10.1 Å². The Morgan fingerprint density at radius 1 is 1.53 bits per heavy atom. The van der Waals surface area contributed by atoms with Crippen molar-refractivity contribution in [3.05, 3.63) is 22.3 Å². The Morgan fingerprint density at radius 3 is 2.71 bits per heavy atom. The number of nitrogens with one attached hydrogen (secondary N) is 1. The van der Waals surface area contributed by atoms with Crippen LogP contribution in [0.2, 0.25) is 0 Å². The van der Waals surface area contributed by atoms with Crippen LogP contribution >= 0.6 is 0 Å². The van der Waals surface area contributed by atoms with Crippen molar-refractivity contribution in [2.24, 2.45) is 5.92 Å². The molecule has 0 spiro atoms. The van der Waals surface area contributed by atoms with Crippen LogP contribution in [0.5, 0.6) is 0 Å². The molecule has 0 aromatic heterocycles. The molecule has 1 aliphatic carbocycles. The summed E-state index contributed by atoms with van der Waals surface area (Å²) in [5.41, 5.74) is -0.535. The highest BCUT2D eigenvalue weighted by molar-refractivity contribution is 5.68. The van der Waals surface area contributed by atoms with Gasteiger partial charge in [0.25, 0.3) is 0 Å². The van der Waals surface area contributed by atoms with Gasteiger partial charge in [-0.15, -0.1) is 0 Å². The van der Waals surface area contributed by atoms with Crippen molar-refractivity contribution in [3.8, 4) is 0 Å². The molecule has 1 N–H and O–H groups in total. The summed E-state index contributed by atoms with van der Waals surface area (Å²) in [6.45, 7) is 5.26. The molecule has 0 aromatic carbocycles. The van der Waals surface area contributed by atoms with Crippen LogP contribution in [0.25, 0.3) is 0 Å². The van der Waals surface area contributed by atoms with Crippen LogP contribution in [-0.4, -0.2) is 29.2 Å². The summed E-state index contributed by atoms with van der Waals surface area (Å²) in [5, 5.41) is 13.0. The Hall–Kier alpha value is -1.59. The first kappa shape index (κ1) is 13.5. The Kier molecular flexibility index (Phi) is 4.09. The summed E-state index contributed by atoms with van der Waals surface area (Å²) >= 11 is 0. The van der Waals surface area contributed by atoms with Gasteiger partial charge in [0.2, 0.25) is 6.54 Å². The van der Waals surface area contributed by atoms with Crippen LogP contribution in [0.1, 0.15) is 27.2 Å². The quantitative estimate of drug-likeness (QED) is 0.464. The number of hydrogen-bond acceptors (Lipinski definition) is 4. The van der Waals surface area contributed by atoms with E-state index in [-0.39, 0.29) is 23.4 Å². The Morgan fingerprint density at radius 2 is 2.18 bits per heavy atom. The van der Waals surface area contributed by atoms with Crippen molar-refractivity contribution in [2.45, 2.75) is 38.8 Å². The number of ether oxygens (including phenoxy) is 1. The Bertz CT molecular complexity index is 333. The Labute approximate surface area is 100 Å². The number of alkyl carbamates (subject to hydrolysis) is 1. The largest absolute Gasteiger partial charge is 0.444 e. The van der Waals surface area contributed by atoms with Gasteiger partial charge in [-0.3, -0.25) is 10.1 Å². The molecule has 17 heavy (non-hydrogen) atoms. The van der Waals surface area contributed by atoms with Gasteiger partial charge in [0.1, 0.15) is 5.60 Å². The molecule has 1 aliphatic rings. The van der Waals surface area contributed by atoms with Gasteiger partial charge in [-0.05, 0) is 27.2 Å². The molecule has 1 amide bonds. The molecule has 0 heterocycles. The predicted octanol–water partition coefficient (Wildman–Crippen LogP) is 1.73. The van der Waals surface area contributed by atoms with E-state index in [4.69, 9.17) is 4.74 Å². The molecule has 6 heteroatoms. The first-order chi connectivity index (χ1) is 7.76. The highest BCUT2D eigenvalue weighted by Gasteiger charge is 2.25. The van der Waals surface area contributed by atoms with Gasteiger partial charge in [0, 0.05) is 10.8 Å². The second-order valence-corrected chi connectivity index (χ2v) is 5.15. The number of nitro groups is 1. The first-order valence-corrected chi connectivity index (χ1v) is 5.56. The molecule has 2 atom stereocenters. The van der Waals surface area contributed by atoms with Crippen molar-refractivity contribution in [1.82, 2.24) is 5.32 Å². The van der Waals surface area contributed by atoms with E-state index >= 15 is 0 Å². The summed E-state index contributed by atoms with van der Waals surface area (Å²) in [7, 11) is 0. The fraction of sp³-hybridized carbons (Fsp3) is 0.727. The topological polar surface area (TPSA) is 81.5 Å². The van der Waals surface area contributed by atoms with Gasteiger partial charge in [-0.1, -0.05) is 12.2 Å². The summed E-state index contributed by atoms with van der Waals surface area (Å²) in [6.07, 6.45) is 3.61. The maximum Gasteiger partial charge on any atom is 0.408 e. The van der Waals surface area contributed by atoms with Crippen molar-refractivity contribution < 1.29 is 14.5 Å². The smallest absolute Gasteiger partial charge is 0.408 e. The van der Waals surface area contributed by atoms with Crippen molar-refractivity contribution in [2.75, 3.05) is 6.54 Å². The van der Waals surface area contributed by atoms with Crippen molar-refractivity contribution in [1.29, 1.82) is 0 Å². The molecule has 0 unspecified atom stereocenters. The lowest BCUT2D eigenvalue weighted by Gasteiger charge is -2.21. The summed E-state index contributed by atoms with van der Waals surface area (Å²) in [6, 6.07) is -0.171. The molecule has 0 saturated heterocycles. The predicted molar refractivity (Wildman–Crippen MR) is 62.3 cm³/mol. The van der Waals surface area contributed by atoms with Crippen LogP contribution in [0, 0.1) is 16.0 Å². The van der Waals surface area contributed by atoms with Crippen LogP contribution in [-0.2, 0) is 4.74 Å². The van der Waals surface area contributed by atoms with Gasteiger partial charge in [0.15, 0.2) is 0 Å². The average Bonchev–Trinajstić information content (AvgIpc) is 2.46. The van der Waals surface area contributed by atoms with Crippen molar-refractivity contribution >= 4 is 6.09 Å². The standard InChI is InChI=1S/C11H18N2O4/c1-11(2,3)17-10(14)12-9-5-4-8(6-9)7-13(15)16/h4-5,8-9H,6-7H2,1-3H3,(H,12,14)/t8-,9+/m1/s1. The zero-order chi connectivity index (χ0) is 13.1. The molecule has 0 saturated carbocycles. The first-order valence-electron chi connectivity index (χ1n) is 5.56. The molecule has 0 aromatic rings. The number of amides is 1. The number of hydrogen-bond donors (Lipinski definition) is 1. The molecular weight excluding hydrogens is 224 g/mol. The third-order valence-electron chi connectivity index (χ3n) is 2.26. The fourth-order valence-corrected chi connectivity index (χ4v) is 1.67. The zero-order valence-electron chi connectivity index (χ0n) is 10.3. The lowest BCUT2D eigenvalue weighted by molar-refractivity contribution is -0.485. The van der Waals surface area contributed by atoms with E-state index in [1.807, 2.05) is 0 Å². The minimum absolute atomic E-state index is 0.0942. The van der Waals surface area contributed by atoms with E-state index in [2.05, 4.69) is 5.32 Å². The SMILES string of the molecule is CC(C)(C)OC(=O)N[C@H]1C=C[C@@H](C[N+](=O)[O-])C1. The van der Waals surface area contributed by atoms with Gasteiger partial charge >= 0.3 is 6.09 Å². The third-order valence-corrected chi connectivity index (χ3v) is 2.26. The van der Waals surface area contributed by atoms with Crippen LogP contribution in [0.4, 0.5) is 4.79 Å². The van der Waals surface area contributed by atoms with E-state index in [0.29, 0.717) is 6.42 Å². The fourth-order valence-electron chi connectivity index (χ4n) is 1.67. The molecular formula is C11H18N2O4. The molecule has 6 nitrogen and oxygen atoms in total. The minimum atomic E-state index is -0.535. The lowest BCUT2D eigenvalue weighted by Crippen LogP contribution is -2.38. The monoisotopic (exact) mass is 242 g/mol. The van der Waals surface area contributed by atoms with Crippen LogP contribution < -0.4 is 5.32 Å². The zero-order valence-corrected chi connectivity index (χ0v) is 10.3. The van der Waals surface area contributed by atoms with Crippen LogP contribution in [0.15, 0.2) is 12.2 Å². The van der Waals surface area contributed by atoms with E-state index in [1.165, 1.54) is 0 Å². The molecule has 0 bridgehead atoms. The highest BCUT2D eigenvalue weighted by atomic mass is 16.6. The van der Waals surface area contributed by atoms with Gasteiger partial charge in [0.05, 0.1) is 6.04 Å². The maximum absolute atomic E-state index is 11.4. The average molecular weight is 242 g/mol. The summed E-state index contributed by atoms with van der Waals surface area (Å²) < 4.78 is 5.10. The second kappa shape index (κ2) is 5.16. The van der Waals surface area contributed by atoms with Gasteiger partial charge in [-0.25, -0.2) is 4.79 Å².